The van der Waals surface area contributed by atoms with Crippen molar-refractivity contribution in [2.24, 2.45) is 0 Å². The Hall–Kier alpha value is -0.890. The van der Waals surface area contributed by atoms with E-state index in [0.29, 0.717) is 5.54 Å². The van der Waals surface area contributed by atoms with Crippen molar-refractivity contribution in [1.29, 1.82) is 0 Å². The number of pyridine rings is 1. The molecule has 1 rings (SSSR count). The van der Waals surface area contributed by atoms with Crippen molar-refractivity contribution in [2.45, 2.75) is 32.9 Å². The zero-order valence-electron chi connectivity index (χ0n) is 8.04. The van der Waals surface area contributed by atoms with Crippen LogP contribution in [0.3, 0.4) is 0 Å². The van der Waals surface area contributed by atoms with E-state index in [1.165, 1.54) is 5.56 Å². The van der Waals surface area contributed by atoms with Gasteiger partial charge in [-0.2, -0.15) is 0 Å². The molecular formula is C10H17N2+. The van der Waals surface area contributed by atoms with Gasteiger partial charge in [-0.15, -0.1) is 0 Å². The van der Waals surface area contributed by atoms with Crippen LogP contribution in [0.2, 0.25) is 0 Å². The molecule has 0 atom stereocenters. The zero-order chi connectivity index (χ0) is 9.03. The van der Waals surface area contributed by atoms with E-state index in [0.717, 1.165) is 6.54 Å². The Kier molecular flexibility index (Phi) is 2.82. The fourth-order valence-corrected chi connectivity index (χ4v) is 0.943. The maximum Gasteiger partial charge on any atom is 0.102 e. The SMILES string of the molecule is CC(C)(C)[NH2+]Cc1ccncc1. The Balaban J connectivity index is 2.44. The molecule has 0 saturated carbocycles. The quantitative estimate of drug-likeness (QED) is 0.694. The fraction of sp³-hybridized carbons (Fsp3) is 0.500. The minimum atomic E-state index is 0.309. The van der Waals surface area contributed by atoms with Crippen LogP contribution < -0.4 is 5.32 Å². The Labute approximate surface area is 74.0 Å². The highest BCUT2D eigenvalue weighted by atomic mass is 14.9. The molecule has 0 unspecified atom stereocenters. The van der Waals surface area contributed by atoms with Crippen molar-refractivity contribution in [3.8, 4) is 0 Å². The standard InChI is InChI=1S/C10H16N2/c1-10(2,3)12-8-9-4-6-11-7-5-9/h4-7,12H,8H2,1-3H3/p+1. The number of aromatic nitrogens is 1. The van der Waals surface area contributed by atoms with Crippen LogP contribution >= 0.6 is 0 Å². The van der Waals surface area contributed by atoms with Gasteiger partial charge in [-0.3, -0.25) is 4.98 Å². The molecule has 2 nitrogen and oxygen atoms in total. The smallest absolute Gasteiger partial charge is 0.102 e. The molecule has 2 heteroatoms. The van der Waals surface area contributed by atoms with Crippen LogP contribution in [-0.2, 0) is 6.54 Å². The molecule has 0 spiro atoms. The average Bonchev–Trinajstić information content (AvgIpc) is 2.02. The van der Waals surface area contributed by atoms with E-state index in [2.05, 4.69) is 43.2 Å². The molecule has 0 saturated heterocycles. The molecule has 0 bridgehead atoms. The fourth-order valence-electron chi connectivity index (χ4n) is 0.943. The van der Waals surface area contributed by atoms with E-state index in [1.54, 1.807) is 0 Å². The summed E-state index contributed by atoms with van der Waals surface area (Å²) in [6, 6.07) is 4.12. The minimum Gasteiger partial charge on any atom is -0.338 e. The molecular weight excluding hydrogens is 148 g/mol. The summed E-state index contributed by atoms with van der Waals surface area (Å²) in [7, 11) is 0. The summed E-state index contributed by atoms with van der Waals surface area (Å²) in [6.45, 7) is 7.68. The summed E-state index contributed by atoms with van der Waals surface area (Å²) in [4.78, 5) is 3.98. The van der Waals surface area contributed by atoms with E-state index in [1.807, 2.05) is 12.4 Å². The molecule has 0 amide bonds. The second-order valence-electron chi connectivity index (χ2n) is 4.13. The molecule has 0 aliphatic rings. The molecule has 66 valence electrons. The van der Waals surface area contributed by atoms with E-state index in [9.17, 15) is 0 Å². The van der Waals surface area contributed by atoms with Crippen LogP contribution in [-0.4, -0.2) is 10.5 Å². The minimum absolute atomic E-state index is 0.309. The van der Waals surface area contributed by atoms with Gasteiger partial charge in [0.25, 0.3) is 0 Å². The van der Waals surface area contributed by atoms with Crippen molar-refractivity contribution >= 4 is 0 Å². The van der Waals surface area contributed by atoms with E-state index in [4.69, 9.17) is 0 Å². The highest BCUT2D eigenvalue weighted by Crippen LogP contribution is 1.94. The number of hydrogen-bond donors (Lipinski definition) is 1. The van der Waals surface area contributed by atoms with Crippen LogP contribution in [0.25, 0.3) is 0 Å². The van der Waals surface area contributed by atoms with Crippen LogP contribution in [0.4, 0.5) is 0 Å². The summed E-state index contributed by atoms with van der Waals surface area (Å²) < 4.78 is 0. The maximum absolute atomic E-state index is 3.98. The first-order chi connectivity index (χ1) is 5.58. The van der Waals surface area contributed by atoms with Gasteiger partial charge in [-0.05, 0) is 32.9 Å². The molecule has 0 fully saturated rings. The van der Waals surface area contributed by atoms with Crippen molar-refractivity contribution in [3.63, 3.8) is 0 Å². The molecule has 2 N–H and O–H groups in total. The molecule has 12 heavy (non-hydrogen) atoms. The van der Waals surface area contributed by atoms with Gasteiger partial charge in [0, 0.05) is 18.0 Å². The molecule has 0 aliphatic carbocycles. The topological polar surface area (TPSA) is 29.5 Å². The van der Waals surface area contributed by atoms with E-state index in [-0.39, 0.29) is 0 Å². The predicted molar refractivity (Wildman–Crippen MR) is 49.6 cm³/mol. The van der Waals surface area contributed by atoms with Crippen molar-refractivity contribution in [1.82, 2.24) is 4.98 Å². The van der Waals surface area contributed by atoms with Gasteiger partial charge >= 0.3 is 0 Å². The predicted octanol–water partition coefficient (Wildman–Crippen LogP) is 0.943. The number of rotatable bonds is 2. The second kappa shape index (κ2) is 3.68. The lowest BCUT2D eigenvalue weighted by Crippen LogP contribution is -2.92. The summed E-state index contributed by atoms with van der Waals surface area (Å²) in [5.74, 6) is 0. The van der Waals surface area contributed by atoms with Crippen molar-refractivity contribution in [2.75, 3.05) is 0 Å². The highest BCUT2D eigenvalue weighted by molar-refractivity contribution is 5.07. The van der Waals surface area contributed by atoms with Gasteiger partial charge in [-0.25, -0.2) is 0 Å². The monoisotopic (exact) mass is 165 g/mol. The van der Waals surface area contributed by atoms with Crippen LogP contribution in [0.15, 0.2) is 24.5 Å². The average molecular weight is 165 g/mol. The van der Waals surface area contributed by atoms with E-state index >= 15 is 0 Å². The number of hydrogen-bond acceptors (Lipinski definition) is 1. The summed E-state index contributed by atoms with van der Waals surface area (Å²) in [5, 5.41) is 2.32. The normalized spacial score (nSPS) is 11.6. The lowest BCUT2D eigenvalue weighted by Gasteiger charge is -2.16. The van der Waals surface area contributed by atoms with Crippen molar-refractivity contribution in [3.05, 3.63) is 30.1 Å². The highest BCUT2D eigenvalue weighted by Gasteiger charge is 2.11. The third-order valence-electron chi connectivity index (χ3n) is 1.70. The van der Waals surface area contributed by atoms with Gasteiger partial charge in [-0.1, -0.05) is 0 Å². The molecule has 0 radical (unpaired) electrons. The third-order valence-corrected chi connectivity index (χ3v) is 1.70. The van der Waals surface area contributed by atoms with Gasteiger partial charge in [0.2, 0.25) is 0 Å². The van der Waals surface area contributed by atoms with Crippen LogP contribution in [0.1, 0.15) is 26.3 Å². The lowest BCUT2D eigenvalue weighted by atomic mass is 10.1. The zero-order valence-corrected chi connectivity index (χ0v) is 8.04. The second-order valence-corrected chi connectivity index (χ2v) is 4.13. The van der Waals surface area contributed by atoms with Gasteiger partial charge in [0.05, 0.1) is 5.54 Å². The molecule has 0 aromatic carbocycles. The first-order valence-electron chi connectivity index (χ1n) is 4.31. The molecule has 0 aliphatic heterocycles. The Morgan fingerprint density at radius 1 is 1.25 bits per heavy atom. The van der Waals surface area contributed by atoms with Gasteiger partial charge < -0.3 is 5.32 Å². The Morgan fingerprint density at radius 3 is 2.33 bits per heavy atom. The first-order valence-corrected chi connectivity index (χ1v) is 4.31. The van der Waals surface area contributed by atoms with Gasteiger partial charge in [0.15, 0.2) is 0 Å². The van der Waals surface area contributed by atoms with Crippen LogP contribution in [0, 0.1) is 0 Å². The third kappa shape index (κ3) is 3.49. The first kappa shape index (κ1) is 9.20. The maximum atomic E-state index is 3.98. The molecule has 1 heterocycles. The largest absolute Gasteiger partial charge is 0.338 e. The molecule has 1 aromatic rings. The lowest BCUT2D eigenvalue weighted by molar-refractivity contribution is -0.731. The van der Waals surface area contributed by atoms with Gasteiger partial charge in [0.1, 0.15) is 6.54 Å². The molecule has 1 aromatic heterocycles. The Morgan fingerprint density at radius 2 is 1.83 bits per heavy atom. The van der Waals surface area contributed by atoms with E-state index < -0.39 is 0 Å². The summed E-state index contributed by atoms with van der Waals surface area (Å²) >= 11 is 0. The van der Waals surface area contributed by atoms with Crippen molar-refractivity contribution < 1.29 is 5.32 Å². The number of quaternary nitrogens is 1. The summed E-state index contributed by atoms with van der Waals surface area (Å²) in [6.07, 6.45) is 3.68. The Bertz CT molecular complexity index is 223. The van der Waals surface area contributed by atoms with Crippen LogP contribution in [0.5, 0.6) is 0 Å². The number of nitrogens with two attached hydrogens (primary N) is 1. The number of nitrogens with zero attached hydrogens (tertiary/aromatic N) is 1. The summed E-state index contributed by atoms with van der Waals surface area (Å²) in [5.41, 5.74) is 1.64.